The maximum Gasteiger partial charge on any atom is 0.187 e. The van der Waals surface area contributed by atoms with E-state index in [1.807, 2.05) is 0 Å². The lowest BCUT2D eigenvalue weighted by Gasteiger charge is -2.46. The van der Waals surface area contributed by atoms with Crippen LogP contribution in [0.3, 0.4) is 0 Å². The van der Waals surface area contributed by atoms with Crippen molar-refractivity contribution < 1.29 is 79.9 Å². The first-order valence-corrected chi connectivity index (χ1v) is 10.4. The molecule has 2 aliphatic rings. The molecule has 200 valence electrons. The Morgan fingerprint density at radius 3 is 1.85 bits per heavy atom. The van der Waals surface area contributed by atoms with Gasteiger partial charge in [-0.2, -0.15) is 0 Å². The smallest absolute Gasteiger partial charge is 0.187 e. The largest absolute Gasteiger partial charge is 0.394 e. The van der Waals surface area contributed by atoms with Crippen LogP contribution in [0.25, 0.3) is 0 Å². The van der Waals surface area contributed by atoms with Crippen molar-refractivity contribution in [2.75, 3.05) is 19.8 Å². The molecule has 14 atom stereocenters. The second-order valence-electron chi connectivity index (χ2n) is 7.97. The Kier molecular flexibility index (Phi) is 11.1. The summed E-state index contributed by atoms with van der Waals surface area (Å²) in [5.74, 6) is 0. The fourth-order valence-electron chi connectivity index (χ4n) is 3.59. The summed E-state index contributed by atoms with van der Waals surface area (Å²) in [4.78, 5) is 10.8. The molecule has 0 bridgehead atoms. The Bertz CT molecular complexity index is 623. The van der Waals surface area contributed by atoms with Crippen molar-refractivity contribution in [3.63, 3.8) is 0 Å². The first kappa shape index (κ1) is 29.3. The number of hydrogen-bond acceptors (Lipinski definition) is 16. The molecule has 11 N–H and O–H groups in total. The van der Waals surface area contributed by atoms with E-state index < -0.39 is 106 Å². The molecule has 2 aliphatic heterocycles. The lowest BCUT2D eigenvalue weighted by Crippen LogP contribution is -2.65. The number of carbonyl (C=O) groups is 1. The highest BCUT2D eigenvalue weighted by molar-refractivity contribution is 5.56. The molecule has 2 saturated heterocycles. The summed E-state index contributed by atoms with van der Waals surface area (Å²) in [6, 6.07) is 0. The van der Waals surface area contributed by atoms with Crippen molar-refractivity contribution in [3.8, 4) is 0 Å². The highest BCUT2D eigenvalue weighted by atomic mass is 16.7. The minimum atomic E-state index is -2.10. The van der Waals surface area contributed by atoms with Crippen LogP contribution in [0.5, 0.6) is 0 Å². The lowest BCUT2D eigenvalue weighted by atomic mass is 9.96. The Labute approximate surface area is 192 Å². The number of hydrogen-bond donors (Lipinski definition) is 11. The van der Waals surface area contributed by atoms with Gasteiger partial charge in [0.05, 0.1) is 19.8 Å². The summed E-state index contributed by atoms with van der Waals surface area (Å²) in [7, 11) is 0. The van der Waals surface area contributed by atoms with Gasteiger partial charge in [0.25, 0.3) is 0 Å². The van der Waals surface area contributed by atoms with Gasteiger partial charge in [0.2, 0.25) is 0 Å². The third-order valence-electron chi connectivity index (χ3n) is 5.65. The molecule has 0 aromatic rings. The minimum Gasteiger partial charge on any atom is -0.394 e. The van der Waals surface area contributed by atoms with Crippen LogP contribution in [-0.4, -0.2) is 168 Å². The summed E-state index contributed by atoms with van der Waals surface area (Å²) in [6.45, 7) is -2.66. The number of aliphatic hydroxyl groups is 11. The molecule has 0 aliphatic carbocycles. The standard InChI is InChI=1S/C18H32O16/c19-1-5(23)9(25)15(6(24)2-20)33-18-14(30)16(11(27)8(4-22)32-18)34-17-13(29)12(28)10(26)7(3-21)31-17/h1,5-18,20-30H,2-4H2/t5-,6+,7+,8+,9+,10+,11+,12-,13+,14+,15+,16-,17-,18-/m0/s1. The minimum absolute atomic E-state index is 0.0748. The van der Waals surface area contributed by atoms with Crippen molar-refractivity contribution in [2.45, 2.75) is 85.8 Å². The van der Waals surface area contributed by atoms with E-state index in [0.29, 0.717) is 0 Å². The Hall–Kier alpha value is -0.930. The molecule has 0 amide bonds. The van der Waals surface area contributed by atoms with Gasteiger partial charge in [-0.15, -0.1) is 0 Å². The van der Waals surface area contributed by atoms with Gasteiger partial charge in [-0.3, -0.25) is 0 Å². The van der Waals surface area contributed by atoms with E-state index in [0.717, 1.165) is 0 Å². The molecule has 2 rings (SSSR count). The first-order valence-electron chi connectivity index (χ1n) is 10.4. The fraction of sp³-hybridized carbons (Fsp3) is 0.944. The maximum absolute atomic E-state index is 10.8. The maximum atomic E-state index is 10.8. The van der Waals surface area contributed by atoms with Crippen LogP contribution in [-0.2, 0) is 23.7 Å². The molecule has 16 heteroatoms. The zero-order chi connectivity index (χ0) is 25.7. The molecule has 2 fully saturated rings. The monoisotopic (exact) mass is 504 g/mol. The van der Waals surface area contributed by atoms with Gasteiger partial charge >= 0.3 is 0 Å². The number of rotatable bonds is 11. The van der Waals surface area contributed by atoms with E-state index in [1.165, 1.54) is 0 Å². The molecule has 0 unspecified atom stereocenters. The van der Waals surface area contributed by atoms with Gasteiger partial charge in [0.1, 0.15) is 73.2 Å². The number of aldehydes is 1. The summed E-state index contributed by atoms with van der Waals surface area (Å²) < 4.78 is 21.0. The normalized spacial score (nSPS) is 42.6. The summed E-state index contributed by atoms with van der Waals surface area (Å²) >= 11 is 0. The van der Waals surface area contributed by atoms with Gasteiger partial charge in [-0.25, -0.2) is 0 Å². The molecular weight excluding hydrogens is 472 g/mol. The first-order chi connectivity index (χ1) is 16.0. The van der Waals surface area contributed by atoms with E-state index in [1.54, 1.807) is 0 Å². The third kappa shape index (κ3) is 6.25. The highest BCUT2D eigenvalue weighted by Crippen LogP contribution is 2.30. The number of aliphatic hydroxyl groups excluding tert-OH is 11. The van der Waals surface area contributed by atoms with E-state index in [-0.39, 0.29) is 6.29 Å². The molecule has 0 aromatic heterocycles. The van der Waals surface area contributed by atoms with Gasteiger partial charge < -0.3 is 79.9 Å². The van der Waals surface area contributed by atoms with Crippen LogP contribution in [0, 0.1) is 0 Å². The van der Waals surface area contributed by atoms with Crippen molar-refractivity contribution >= 4 is 6.29 Å². The zero-order valence-corrected chi connectivity index (χ0v) is 17.7. The number of ether oxygens (including phenoxy) is 4. The average Bonchev–Trinajstić information content (AvgIpc) is 2.84. The Morgan fingerprint density at radius 2 is 1.32 bits per heavy atom. The van der Waals surface area contributed by atoms with Crippen LogP contribution in [0.2, 0.25) is 0 Å². The van der Waals surface area contributed by atoms with Gasteiger partial charge in [0, 0.05) is 0 Å². The molecule has 0 aromatic carbocycles. The summed E-state index contributed by atoms with van der Waals surface area (Å²) in [6.07, 6.45) is -25.6. The summed E-state index contributed by atoms with van der Waals surface area (Å²) in [5.41, 5.74) is 0. The number of carbonyl (C=O) groups excluding carboxylic acids is 1. The second-order valence-corrected chi connectivity index (χ2v) is 7.97. The van der Waals surface area contributed by atoms with Crippen LogP contribution in [0.15, 0.2) is 0 Å². The van der Waals surface area contributed by atoms with Gasteiger partial charge in [-0.05, 0) is 0 Å². The van der Waals surface area contributed by atoms with E-state index in [9.17, 15) is 61.0 Å². The Balaban J connectivity index is 2.25. The fourth-order valence-corrected chi connectivity index (χ4v) is 3.59. The van der Waals surface area contributed by atoms with Crippen LogP contribution in [0.4, 0.5) is 0 Å². The average molecular weight is 504 g/mol. The van der Waals surface area contributed by atoms with Crippen LogP contribution < -0.4 is 0 Å². The molecule has 0 saturated carbocycles. The predicted octanol–water partition coefficient (Wildman–Crippen LogP) is -7.73. The molecular formula is C18H32O16. The van der Waals surface area contributed by atoms with E-state index in [2.05, 4.69) is 0 Å². The second kappa shape index (κ2) is 12.9. The molecule has 0 spiro atoms. The van der Waals surface area contributed by atoms with Crippen LogP contribution in [0.1, 0.15) is 0 Å². The van der Waals surface area contributed by atoms with Gasteiger partial charge in [-0.1, -0.05) is 0 Å². The topological polar surface area (TPSA) is 277 Å². The van der Waals surface area contributed by atoms with Crippen LogP contribution >= 0.6 is 0 Å². The quantitative estimate of drug-likeness (QED) is 0.117. The third-order valence-corrected chi connectivity index (χ3v) is 5.65. The molecule has 16 nitrogen and oxygen atoms in total. The van der Waals surface area contributed by atoms with E-state index >= 15 is 0 Å². The van der Waals surface area contributed by atoms with E-state index in [4.69, 9.17) is 18.9 Å². The van der Waals surface area contributed by atoms with Crippen molar-refractivity contribution in [2.24, 2.45) is 0 Å². The van der Waals surface area contributed by atoms with Crippen molar-refractivity contribution in [1.82, 2.24) is 0 Å². The predicted molar refractivity (Wildman–Crippen MR) is 102 cm³/mol. The SMILES string of the molecule is O=C[C@H](O)[C@@H](O)[C@H](O[C@@H]1O[C@H](CO)[C@@H](O)[C@H](O[C@@H]2O[C@H](CO)[C@@H](O)[C@H](O)[C@H]2O)[C@H]1O)[C@H](O)CO. The van der Waals surface area contributed by atoms with Gasteiger partial charge in [0.15, 0.2) is 18.9 Å². The molecule has 0 radical (unpaired) electrons. The zero-order valence-electron chi connectivity index (χ0n) is 17.7. The van der Waals surface area contributed by atoms with Crippen molar-refractivity contribution in [3.05, 3.63) is 0 Å². The lowest BCUT2D eigenvalue weighted by molar-refractivity contribution is -0.368. The van der Waals surface area contributed by atoms with Crippen molar-refractivity contribution in [1.29, 1.82) is 0 Å². The molecule has 34 heavy (non-hydrogen) atoms. The summed E-state index contributed by atoms with van der Waals surface area (Å²) in [5, 5.41) is 109. The molecule has 2 heterocycles. The Morgan fingerprint density at radius 1 is 0.765 bits per heavy atom. The highest BCUT2D eigenvalue weighted by Gasteiger charge is 2.52.